The standard InChI is InChI=1S/C11H15BrClNO/c1-8-5-11(15-2)10(13)6-9(8)3-4-14-7-12/h5-6,14H,3-4,7H2,1-2H3. The first kappa shape index (κ1) is 12.8. The lowest BCUT2D eigenvalue weighted by molar-refractivity contribution is 0.414. The van der Waals surface area contributed by atoms with Crippen LogP contribution in [-0.2, 0) is 6.42 Å². The van der Waals surface area contributed by atoms with Crippen molar-refractivity contribution in [2.24, 2.45) is 0 Å². The average molecular weight is 293 g/mol. The van der Waals surface area contributed by atoms with Crippen molar-refractivity contribution >= 4 is 27.5 Å². The molecule has 1 aromatic carbocycles. The molecule has 1 N–H and O–H groups in total. The third-order valence-electron chi connectivity index (χ3n) is 2.28. The maximum atomic E-state index is 6.06. The van der Waals surface area contributed by atoms with E-state index in [9.17, 15) is 0 Å². The van der Waals surface area contributed by atoms with Gasteiger partial charge in [0, 0.05) is 0 Å². The van der Waals surface area contributed by atoms with Crippen molar-refractivity contribution in [3.8, 4) is 5.75 Å². The van der Waals surface area contributed by atoms with Gasteiger partial charge in [-0.15, -0.1) is 0 Å². The summed E-state index contributed by atoms with van der Waals surface area (Å²) in [6, 6.07) is 3.96. The zero-order chi connectivity index (χ0) is 11.3. The molecule has 0 unspecified atom stereocenters. The Labute approximate surface area is 104 Å². The van der Waals surface area contributed by atoms with Crippen LogP contribution in [0.15, 0.2) is 12.1 Å². The number of halogens is 2. The molecular formula is C11H15BrClNO. The van der Waals surface area contributed by atoms with Crippen molar-refractivity contribution in [1.82, 2.24) is 5.32 Å². The lowest BCUT2D eigenvalue weighted by Gasteiger charge is -2.10. The molecule has 0 aliphatic carbocycles. The molecular weight excluding hydrogens is 277 g/mol. The van der Waals surface area contributed by atoms with E-state index in [1.165, 1.54) is 11.1 Å². The molecule has 15 heavy (non-hydrogen) atoms. The van der Waals surface area contributed by atoms with Crippen molar-refractivity contribution < 1.29 is 4.74 Å². The number of ether oxygens (including phenoxy) is 1. The average Bonchev–Trinajstić information content (AvgIpc) is 2.23. The molecule has 84 valence electrons. The first-order valence-corrected chi connectivity index (χ1v) is 6.28. The molecule has 0 spiro atoms. The largest absolute Gasteiger partial charge is 0.495 e. The fraction of sp³-hybridized carbons (Fsp3) is 0.455. The molecule has 0 aliphatic heterocycles. The zero-order valence-corrected chi connectivity index (χ0v) is 11.3. The number of nitrogens with one attached hydrogen (secondary N) is 1. The maximum Gasteiger partial charge on any atom is 0.137 e. The van der Waals surface area contributed by atoms with Crippen molar-refractivity contribution in [2.45, 2.75) is 13.3 Å². The van der Waals surface area contributed by atoms with Gasteiger partial charge >= 0.3 is 0 Å². The van der Waals surface area contributed by atoms with Crippen LogP contribution < -0.4 is 10.1 Å². The highest BCUT2D eigenvalue weighted by Crippen LogP contribution is 2.27. The third-order valence-corrected chi connectivity index (χ3v) is 2.97. The highest BCUT2D eigenvalue weighted by Gasteiger charge is 2.05. The molecule has 0 bridgehead atoms. The summed E-state index contributed by atoms with van der Waals surface area (Å²) in [7, 11) is 1.63. The Morgan fingerprint density at radius 3 is 2.80 bits per heavy atom. The van der Waals surface area contributed by atoms with E-state index in [4.69, 9.17) is 16.3 Å². The number of alkyl halides is 1. The van der Waals surface area contributed by atoms with Crippen molar-refractivity contribution in [3.63, 3.8) is 0 Å². The van der Waals surface area contributed by atoms with E-state index < -0.39 is 0 Å². The lowest BCUT2D eigenvalue weighted by atomic mass is 10.1. The zero-order valence-electron chi connectivity index (χ0n) is 8.94. The molecule has 0 aliphatic rings. The predicted molar refractivity (Wildman–Crippen MR) is 68.2 cm³/mol. The molecule has 0 saturated carbocycles. The Hall–Kier alpha value is -0.250. The minimum atomic E-state index is 0.678. The molecule has 0 radical (unpaired) electrons. The van der Waals surface area contributed by atoms with Crippen LogP contribution >= 0.6 is 27.5 Å². The van der Waals surface area contributed by atoms with Crippen molar-refractivity contribution in [3.05, 3.63) is 28.3 Å². The molecule has 0 amide bonds. The molecule has 1 aromatic rings. The van der Waals surface area contributed by atoms with Gasteiger partial charge in [0.2, 0.25) is 0 Å². The second kappa shape index (κ2) is 6.36. The Morgan fingerprint density at radius 2 is 2.20 bits per heavy atom. The first-order valence-electron chi connectivity index (χ1n) is 4.78. The van der Waals surface area contributed by atoms with Crippen LogP contribution in [0, 0.1) is 6.92 Å². The van der Waals surface area contributed by atoms with E-state index in [2.05, 4.69) is 28.2 Å². The van der Waals surface area contributed by atoms with Crippen molar-refractivity contribution in [1.29, 1.82) is 0 Å². The van der Waals surface area contributed by atoms with Crippen LogP contribution in [0.5, 0.6) is 5.75 Å². The molecule has 0 atom stereocenters. The van der Waals surface area contributed by atoms with Crippen LogP contribution in [-0.4, -0.2) is 19.1 Å². The van der Waals surface area contributed by atoms with E-state index in [1.54, 1.807) is 7.11 Å². The van der Waals surface area contributed by atoms with Crippen LogP contribution in [0.1, 0.15) is 11.1 Å². The number of rotatable bonds is 5. The number of aryl methyl sites for hydroxylation is 1. The molecule has 0 heterocycles. The number of hydrogen-bond donors (Lipinski definition) is 1. The fourth-order valence-electron chi connectivity index (χ4n) is 1.41. The van der Waals surface area contributed by atoms with Gasteiger partial charge < -0.3 is 10.1 Å². The monoisotopic (exact) mass is 291 g/mol. The molecule has 1 rings (SSSR count). The molecule has 4 heteroatoms. The quantitative estimate of drug-likeness (QED) is 0.511. The van der Waals surface area contributed by atoms with Gasteiger partial charge in [-0.3, -0.25) is 0 Å². The van der Waals surface area contributed by atoms with E-state index in [0.717, 1.165) is 24.2 Å². The minimum Gasteiger partial charge on any atom is -0.495 e. The number of methoxy groups -OCH3 is 1. The second-order valence-corrected chi connectivity index (χ2v) is 4.26. The Morgan fingerprint density at radius 1 is 1.47 bits per heavy atom. The summed E-state index contributed by atoms with van der Waals surface area (Å²) in [5.74, 6) is 0.742. The normalized spacial score (nSPS) is 10.4. The number of hydrogen-bond acceptors (Lipinski definition) is 2. The van der Waals surface area contributed by atoms with Gasteiger partial charge in [0.1, 0.15) is 5.75 Å². The van der Waals surface area contributed by atoms with Gasteiger partial charge in [-0.25, -0.2) is 0 Å². The van der Waals surface area contributed by atoms with Gasteiger partial charge in [0.25, 0.3) is 0 Å². The van der Waals surface area contributed by atoms with E-state index in [-0.39, 0.29) is 0 Å². The molecule has 0 fully saturated rings. The summed E-state index contributed by atoms with van der Waals surface area (Å²) in [6.07, 6.45) is 0.973. The molecule has 0 aromatic heterocycles. The predicted octanol–water partition coefficient (Wildman–Crippen LogP) is 3.14. The highest BCUT2D eigenvalue weighted by molar-refractivity contribution is 9.09. The summed E-state index contributed by atoms with van der Waals surface area (Å²) in [4.78, 5) is 0. The third kappa shape index (κ3) is 3.67. The summed E-state index contributed by atoms with van der Waals surface area (Å²) >= 11 is 9.38. The van der Waals surface area contributed by atoms with E-state index >= 15 is 0 Å². The topological polar surface area (TPSA) is 21.3 Å². The maximum absolute atomic E-state index is 6.06. The smallest absolute Gasteiger partial charge is 0.137 e. The Bertz CT molecular complexity index is 331. The van der Waals surface area contributed by atoms with Crippen molar-refractivity contribution in [2.75, 3.05) is 19.1 Å². The summed E-state index contributed by atoms with van der Waals surface area (Å²) in [5, 5.41) is 3.89. The van der Waals surface area contributed by atoms with Gasteiger partial charge in [-0.2, -0.15) is 0 Å². The van der Waals surface area contributed by atoms with Crippen LogP contribution in [0.25, 0.3) is 0 Å². The summed E-state index contributed by atoms with van der Waals surface area (Å²) in [6.45, 7) is 3.01. The van der Waals surface area contributed by atoms with Gasteiger partial charge in [0.05, 0.1) is 17.6 Å². The number of benzene rings is 1. The van der Waals surface area contributed by atoms with Gasteiger partial charge in [-0.05, 0) is 43.1 Å². The molecule has 2 nitrogen and oxygen atoms in total. The van der Waals surface area contributed by atoms with Gasteiger partial charge in [0.15, 0.2) is 0 Å². The lowest BCUT2D eigenvalue weighted by Crippen LogP contribution is -2.14. The van der Waals surface area contributed by atoms with Crippen LogP contribution in [0.4, 0.5) is 0 Å². The van der Waals surface area contributed by atoms with Crippen LogP contribution in [0.3, 0.4) is 0 Å². The van der Waals surface area contributed by atoms with E-state index in [0.29, 0.717) is 5.02 Å². The summed E-state index contributed by atoms with van der Waals surface area (Å²) in [5.41, 5.74) is 3.29. The highest BCUT2D eigenvalue weighted by atomic mass is 79.9. The molecule has 0 saturated heterocycles. The SMILES string of the molecule is COc1cc(C)c(CCNCBr)cc1Cl. The Kier molecular flexibility index (Phi) is 5.43. The Balaban J connectivity index is 2.76. The van der Waals surface area contributed by atoms with E-state index in [1.807, 2.05) is 12.1 Å². The van der Waals surface area contributed by atoms with Gasteiger partial charge in [-0.1, -0.05) is 27.5 Å². The first-order chi connectivity index (χ1) is 7.19. The fourth-order valence-corrected chi connectivity index (χ4v) is 1.96. The minimum absolute atomic E-state index is 0.678. The van der Waals surface area contributed by atoms with Crippen LogP contribution in [0.2, 0.25) is 5.02 Å². The second-order valence-electron chi connectivity index (χ2n) is 3.30. The summed E-state index contributed by atoms with van der Waals surface area (Å²) < 4.78 is 5.15.